The molecule has 8 heteroatoms. The summed E-state index contributed by atoms with van der Waals surface area (Å²) in [7, 11) is 0. The van der Waals surface area contributed by atoms with Crippen LogP contribution >= 0.6 is 23.2 Å². The Morgan fingerprint density at radius 2 is 1.82 bits per heavy atom. The summed E-state index contributed by atoms with van der Waals surface area (Å²) in [6.07, 6.45) is 0. The molecule has 0 saturated heterocycles. The van der Waals surface area contributed by atoms with Crippen molar-refractivity contribution in [3.05, 3.63) is 67.7 Å². The van der Waals surface area contributed by atoms with Crippen molar-refractivity contribution in [1.82, 2.24) is 0 Å². The zero-order valence-electron chi connectivity index (χ0n) is 11.2. The molecule has 0 aliphatic heterocycles. The van der Waals surface area contributed by atoms with Gasteiger partial charge in [-0.3, -0.25) is 14.9 Å². The topological polar surface area (TPSA) is 98.3 Å². The molecule has 0 atom stereocenters. The van der Waals surface area contributed by atoms with Gasteiger partial charge in [0.2, 0.25) is 5.91 Å². The monoisotopic (exact) mass is 339 g/mol. The summed E-state index contributed by atoms with van der Waals surface area (Å²) in [4.78, 5) is 21.6. The summed E-state index contributed by atoms with van der Waals surface area (Å²) >= 11 is 11.8. The van der Waals surface area contributed by atoms with Crippen LogP contribution in [-0.4, -0.2) is 10.8 Å². The summed E-state index contributed by atoms with van der Waals surface area (Å²) in [6.45, 7) is 0.173. The number of anilines is 1. The molecule has 1 amide bonds. The first-order valence-electron chi connectivity index (χ1n) is 6.14. The fourth-order valence-electron chi connectivity index (χ4n) is 1.89. The van der Waals surface area contributed by atoms with E-state index >= 15 is 0 Å². The van der Waals surface area contributed by atoms with Crippen molar-refractivity contribution in [1.29, 1.82) is 0 Å². The fourth-order valence-corrected chi connectivity index (χ4v) is 2.42. The quantitative estimate of drug-likeness (QED) is 0.642. The Balaban J connectivity index is 2.25. The SMILES string of the molecule is NC(=O)c1ccc(CNc2cc(Cl)cc(Cl)c2)c([N+](=O)[O-])c1. The van der Waals surface area contributed by atoms with E-state index in [0.717, 1.165) is 6.07 Å². The first-order chi connectivity index (χ1) is 10.4. The minimum Gasteiger partial charge on any atom is -0.381 e. The number of nitro benzene ring substituents is 1. The van der Waals surface area contributed by atoms with Gasteiger partial charge in [-0.1, -0.05) is 23.2 Å². The number of nitro groups is 1. The van der Waals surface area contributed by atoms with Gasteiger partial charge in [-0.2, -0.15) is 0 Å². The average Bonchev–Trinajstić information content (AvgIpc) is 2.43. The Morgan fingerprint density at radius 1 is 1.18 bits per heavy atom. The largest absolute Gasteiger partial charge is 0.381 e. The molecule has 2 aromatic carbocycles. The van der Waals surface area contributed by atoms with Gasteiger partial charge in [-0.25, -0.2) is 0 Å². The molecular weight excluding hydrogens is 329 g/mol. The highest BCUT2D eigenvalue weighted by Gasteiger charge is 2.16. The molecule has 0 fully saturated rings. The first kappa shape index (κ1) is 16.1. The van der Waals surface area contributed by atoms with Crippen LogP contribution in [-0.2, 0) is 6.54 Å². The molecule has 6 nitrogen and oxygen atoms in total. The summed E-state index contributed by atoms with van der Waals surface area (Å²) < 4.78 is 0. The van der Waals surface area contributed by atoms with Crippen molar-refractivity contribution in [3.8, 4) is 0 Å². The van der Waals surface area contributed by atoms with E-state index in [1.54, 1.807) is 18.2 Å². The molecule has 0 aliphatic rings. The second-order valence-electron chi connectivity index (χ2n) is 4.48. The summed E-state index contributed by atoms with van der Waals surface area (Å²) in [5.41, 5.74) is 6.06. The Morgan fingerprint density at radius 3 is 2.36 bits per heavy atom. The van der Waals surface area contributed by atoms with E-state index in [2.05, 4.69) is 5.32 Å². The third kappa shape index (κ3) is 3.87. The van der Waals surface area contributed by atoms with Crippen molar-refractivity contribution in [3.63, 3.8) is 0 Å². The van der Waals surface area contributed by atoms with Gasteiger partial charge in [-0.15, -0.1) is 0 Å². The van der Waals surface area contributed by atoms with Gasteiger partial charge in [0.05, 0.1) is 4.92 Å². The van der Waals surface area contributed by atoms with Gasteiger partial charge in [-0.05, 0) is 30.3 Å². The molecule has 0 unspecified atom stereocenters. The van der Waals surface area contributed by atoms with Gasteiger partial charge >= 0.3 is 0 Å². The zero-order valence-corrected chi connectivity index (χ0v) is 12.7. The Hall–Kier alpha value is -2.31. The smallest absolute Gasteiger partial charge is 0.275 e. The van der Waals surface area contributed by atoms with Gasteiger partial charge in [0, 0.05) is 39.5 Å². The van der Waals surface area contributed by atoms with E-state index in [-0.39, 0.29) is 17.8 Å². The molecule has 0 radical (unpaired) electrons. The number of nitrogens with two attached hydrogens (primary N) is 1. The van der Waals surface area contributed by atoms with E-state index < -0.39 is 10.8 Å². The van der Waals surface area contributed by atoms with Crippen LogP contribution in [0.5, 0.6) is 0 Å². The molecule has 0 aliphatic carbocycles. The van der Waals surface area contributed by atoms with Gasteiger partial charge in [0.1, 0.15) is 0 Å². The number of halogens is 2. The third-order valence-electron chi connectivity index (χ3n) is 2.91. The lowest BCUT2D eigenvalue weighted by atomic mass is 10.1. The Labute approximate surface area is 136 Å². The summed E-state index contributed by atoms with van der Waals surface area (Å²) in [6, 6.07) is 8.96. The number of carbonyl (C=O) groups excluding carboxylic acids is 1. The maximum absolute atomic E-state index is 11.1. The van der Waals surface area contributed by atoms with E-state index in [1.165, 1.54) is 12.1 Å². The number of primary amides is 1. The number of nitrogens with one attached hydrogen (secondary N) is 1. The molecular formula is C14H11Cl2N3O3. The Bertz CT molecular complexity index is 730. The minimum absolute atomic E-state index is 0.0845. The molecule has 2 aromatic rings. The van der Waals surface area contributed by atoms with Crippen molar-refractivity contribution >= 4 is 40.5 Å². The van der Waals surface area contributed by atoms with Crippen LogP contribution in [0.4, 0.5) is 11.4 Å². The lowest BCUT2D eigenvalue weighted by molar-refractivity contribution is -0.385. The molecule has 22 heavy (non-hydrogen) atoms. The van der Waals surface area contributed by atoms with Gasteiger partial charge in [0.25, 0.3) is 5.69 Å². The number of nitrogens with zero attached hydrogens (tertiary/aromatic N) is 1. The summed E-state index contributed by atoms with van der Waals surface area (Å²) in [5.74, 6) is -0.718. The molecule has 0 aromatic heterocycles. The first-order valence-corrected chi connectivity index (χ1v) is 6.89. The van der Waals surface area contributed by atoms with E-state index in [4.69, 9.17) is 28.9 Å². The second kappa shape index (κ2) is 6.64. The zero-order chi connectivity index (χ0) is 16.3. The number of hydrogen-bond acceptors (Lipinski definition) is 4. The number of hydrogen-bond donors (Lipinski definition) is 2. The molecule has 2 rings (SSSR count). The molecule has 0 saturated carbocycles. The van der Waals surface area contributed by atoms with Crippen LogP contribution in [0.1, 0.15) is 15.9 Å². The predicted molar refractivity (Wildman–Crippen MR) is 85.4 cm³/mol. The number of benzene rings is 2. The van der Waals surface area contributed by atoms with Gasteiger partial charge in [0.15, 0.2) is 0 Å². The van der Waals surface area contributed by atoms with Crippen LogP contribution in [0.3, 0.4) is 0 Å². The molecule has 114 valence electrons. The molecule has 3 N–H and O–H groups in total. The lowest BCUT2D eigenvalue weighted by Gasteiger charge is -2.09. The van der Waals surface area contributed by atoms with E-state index in [0.29, 0.717) is 21.3 Å². The standard InChI is InChI=1S/C14H11Cl2N3O3/c15-10-4-11(16)6-12(5-10)18-7-9-2-1-8(14(17)20)3-13(9)19(21)22/h1-6,18H,7H2,(H2,17,20). The highest BCUT2D eigenvalue weighted by atomic mass is 35.5. The highest BCUT2D eigenvalue weighted by Crippen LogP contribution is 2.25. The summed E-state index contributed by atoms with van der Waals surface area (Å²) in [5, 5.41) is 15.0. The average molecular weight is 340 g/mol. The molecule has 0 bridgehead atoms. The van der Waals surface area contributed by atoms with Crippen molar-refractivity contribution in [2.45, 2.75) is 6.54 Å². The van der Waals surface area contributed by atoms with Crippen LogP contribution in [0.15, 0.2) is 36.4 Å². The normalized spacial score (nSPS) is 10.3. The van der Waals surface area contributed by atoms with Crippen molar-refractivity contribution in [2.75, 3.05) is 5.32 Å². The van der Waals surface area contributed by atoms with E-state index in [9.17, 15) is 14.9 Å². The second-order valence-corrected chi connectivity index (χ2v) is 5.35. The van der Waals surface area contributed by atoms with Crippen molar-refractivity contribution < 1.29 is 9.72 Å². The maximum Gasteiger partial charge on any atom is 0.275 e. The predicted octanol–water partition coefficient (Wildman–Crippen LogP) is 3.61. The molecule has 0 spiro atoms. The number of carbonyl (C=O) groups is 1. The van der Waals surface area contributed by atoms with Crippen LogP contribution in [0.25, 0.3) is 0 Å². The lowest BCUT2D eigenvalue weighted by Crippen LogP contribution is -2.12. The van der Waals surface area contributed by atoms with Crippen molar-refractivity contribution in [2.24, 2.45) is 5.73 Å². The highest BCUT2D eigenvalue weighted by molar-refractivity contribution is 6.35. The minimum atomic E-state index is -0.718. The number of rotatable bonds is 5. The van der Waals surface area contributed by atoms with E-state index in [1.807, 2.05) is 0 Å². The van der Waals surface area contributed by atoms with Crippen LogP contribution < -0.4 is 11.1 Å². The number of amides is 1. The maximum atomic E-state index is 11.1. The Kier molecular flexibility index (Phi) is 4.85. The fraction of sp³-hybridized carbons (Fsp3) is 0.0714. The van der Waals surface area contributed by atoms with Crippen LogP contribution in [0.2, 0.25) is 10.0 Å². The van der Waals surface area contributed by atoms with Gasteiger partial charge < -0.3 is 11.1 Å². The van der Waals surface area contributed by atoms with Crippen LogP contribution in [0, 0.1) is 10.1 Å². The molecule has 0 heterocycles. The third-order valence-corrected chi connectivity index (χ3v) is 3.35.